The third-order valence-corrected chi connectivity index (χ3v) is 4.98. The zero-order valence-electron chi connectivity index (χ0n) is 12.1. The van der Waals surface area contributed by atoms with E-state index in [0.717, 1.165) is 11.1 Å². The number of aromatic amines is 1. The normalized spacial score (nSPS) is 11.8. The van der Waals surface area contributed by atoms with Crippen LogP contribution in [-0.2, 0) is 16.6 Å². The summed E-state index contributed by atoms with van der Waals surface area (Å²) >= 11 is 0. The fourth-order valence-corrected chi connectivity index (χ4v) is 3.17. The largest absolute Gasteiger partial charge is 0.496 e. The summed E-state index contributed by atoms with van der Waals surface area (Å²) in [6, 6.07) is 5.62. The third kappa shape index (κ3) is 3.01. The zero-order valence-corrected chi connectivity index (χ0v) is 12.9. The molecule has 0 amide bonds. The van der Waals surface area contributed by atoms with Crippen LogP contribution < -0.4 is 10.5 Å². The first-order valence-electron chi connectivity index (χ1n) is 6.25. The average molecular weight is 310 g/mol. The molecule has 1 aromatic heterocycles. The Kier molecular flexibility index (Phi) is 4.19. The Balaban J connectivity index is 2.32. The number of hydrogen-bond acceptors (Lipinski definition) is 5. The van der Waals surface area contributed by atoms with Crippen molar-refractivity contribution in [3.63, 3.8) is 0 Å². The fourth-order valence-electron chi connectivity index (χ4n) is 2.01. The van der Waals surface area contributed by atoms with E-state index in [9.17, 15) is 8.42 Å². The van der Waals surface area contributed by atoms with Crippen molar-refractivity contribution in [2.75, 3.05) is 19.9 Å². The average Bonchev–Trinajstić information content (AvgIpc) is 2.86. The smallest absolute Gasteiger partial charge is 0.248 e. The lowest BCUT2D eigenvalue weighted by Gasteiger charge is -2.18. The van der Waals surface area contributed by atoms with Gasteiger partial charge in [-0.3, -0.25) is 5.10 Å². The first-order chi connectivity index (χ1) is 9.86. The Labute approximate surface area is 123 Å². The number of aromatic nitrogens is 2. The summed E-state index contributed by atoms with van der Waals surface area (Å²) < 4.78 is 31.4. The van der Waals surface area contributed by atoms with Gasteiger partial charge in [0.05, 0.1) is 13.3 Å². The minimum absolute atomic E-state index is 0.0260. The standard InChI is InChI=1S/C13H18N4O3S/c1-9-4-5-11(20-3)10(6-9)8-17(2)21(18,19)12-7-15-16-13(12)14/h4-7H,8H2,1-3H3,(H3,14,15,16). The van der Waals surface area contributed by atoms with Crippen LogP contribution in [0.25, 0.3) is 0 Å². The third-order valence-electron chi connectivity index (χ3n) is 3.15. The number of sulfonamides is 1. The Morgan fingerprint density at radius 3 is 2.71 bits per heavy atom. The van der Waals surface area contributed by atoms with Crippen LogP contribution in [0.4, 0.5) is 5.82 Å². The van der Waals surface area contributed by atoms with E-state index in [1.54, 1.807) is 7.11 Å². The van der Waals surface area contributed by atoms with Crippen molar-refractivity contribution in [2.45, 2.75) is 18.4 Å². The molecule has 3 N–H and O–H groups in total. The number of ether oxygens (including phenoxy) is 1. The molecule has 0 saturated carbocycles. The summed E-state index contributed by atoms with van der Waals surface area (Å²) in [7, 11) is -0.661. The molecule has 0 radical (unpaired) electrons. The molecule has 7 nitrogen and oxygen atoms in total. The van der Waals surface area contributed by atoms with Crippen molar-refractivity contribution in [2.24, 2.45) is 0 Å². The van der Waals surface area contributed by atoms with Crippen LogP contribution in [0.2, 0.25) is 0 Å². The maximum Gasteiger partial charge on any atom is 0.248 e. The highest BCUT2D eigenvalue weighted by Gasteiger charge is 2.25. The van der Waals surface area contributed by atoms with Gasteiger partial charge >= 0.3 is 0 Å². The molecule has 0 spiro atoms. The van der Waals surface area contributed by atoms with Crippen LogP contribution in [-0.4, -0.2) is 37.1 Å². The van der Waals surface area contributed by atoms with E-state index >= 15 is 0 Å². The van der Waals surface area contributed by atoms with Gasteiger partial charge in [0.15, 0.2) is 0 Å². The summed E-state index contributed by atoms with van der Waals surface area (Å²) in [6.07, 6.45) is 1.20. The molecule has 114 valence electrons. The first-order valence-corrected chi connectivity index (χ1v) is 7.69. The highest BCUT2D eigenvalue weighted by molar-refractivity contribution is 7.89. The molecular formula is C13H18N4O3S. The molecule has 0 fully saturated rings. The number of hydrogen-bond donors (Lipinski definition) is 2. The lowest BCUT2D eigenvalue weighted by atomic mass is 10.1. The Bertz CT molecular complexity index is 740. The molecule has 1 aromatic carbocycles. The highest BCUT2D eigenvalue weighted by atomic mass is 32.2. The minimum Gasteiger partial charge on any atom is -0.496 e. The molecular weight excluding hydrogens is 292 g/mol. The first kappa shape index (κ1) is 15.3. The molecule has 0 bridgehead atoms. The topological polar surface area (TPSA) is 101 Å². The summed E-state index contributed by atoms with van der Waals surface area (Å²) in [5, 5.41) is 6.07. The number of methoxy groups -OCH3 is 1. The molecule has 21 heavy (non-hydrogen) atoms. The number of benzene rings is 1. The van der Waals surface area contributed by atoms with Crippen molar-refractivity contribution in [3.05, 3.63) is 35.5 Å². The second kappa shape index (κ2) is 5.74. The second-order valence-electron chi connectivity index (χ2n) is 4.72. The molecule has 0 aliphatic rings. The van der Waals surface area contributed by atoms with Gasteiger partial charge in [-0.2, -0.15) is 9.40 Å². The van der Waals surface area contributed by atoms with Crippen LogP contribution in [0.1, 0.15) is 11.1 Å². The summed E-state index contributed by atoms with van der Waals surface area (Å²) in [4.78, 5) is -0.0309. The molecule has 1 heterocycles. The number of H-pyrrole nitrogens is 1. The van der Waals surface area contributed by atoms with E-state index < -0.39 is 10.0 Å². The van der Waals surface area contributed by atoms with Gasteiger partial charge in [-0.15, -0.1) is 0 Å². The maximum atomic E-state index is 12.4. The molecule has 2 rings (SSSR count). The lowest BCUT2D eigenvalue weighted by molar-refractivity contribution is 0.398. The van der Waals surface area contributed by atoms with E-state index in [1.165, 1.54) is 17.5 Å². The van der Waals surface area contributed by atoms with Gasteiger partial charge in [-0.25, -0.2) is 8.42 Å². The fraction of sp³-hybridized carbons (Fsp3) is 0.308. The monoisotopic (exact) mass is 310 g/mol. The number of nitrogens with one attached hydrogen (secondary N) is 1. The van der Waals surface area contributed by atoms with Crippen LogP contribution in [0.15, 0.2) is 29.3 Å². The molecule has 0 aliphatic heterocycles. The van der Waals surface area contributed by atoms with Gasteiger partial charge in [0.1, 0.15) is 16.5 Å². The van der Waals surface area contributed by atoms with Crippen LogP contribution >= 0.6 is 0 Å². The molecule has 0 saturated heterocycles. The van der Waals surface area contributed by atoms with Crippen molar-refractivity contribution < 1.29 is 13.2 Å². The SMILES string of the molecule is COc1ccc(C)cc1CN(C)S(=O)(=O)c1cn[nH]c1N. The predicted octanol–water partition coefficient (Wildman–Crippen LogP) is 1.13. The molecule has 2 aromatic rings. The Morgan fingerprint density at radius 2 is 2.14 bits per heavy atom. The zero-order chi connectivity index (χ0) is 15.6. The summed E-state index contributed by atoms with van der Waals surface area (Å²) in [5.74, 6) is 0.667. The molecule has 0 aliphatic carbocycles. The van der Waals surface area contributed by atoms with Crippen LogP contribution in [0.5, 0.6) is 5.75 Å². The molecule has 0 unspecified atom stereocenters. The highest BCUT2D eigenvalue weighted by Crippen LogP contribution is 2.25. The van der Waals surface area contributed by atoms with E-state index in [2.05, 4.69) is 10.2 Å². The summed E-state index contributed by atoms with van der Waals surface area (Å²) in [5.41, 5.74) is 7.40. The molecule has 8 heteroatoms. The number of anilines is 1. The quantitative estimate of drug-likeness (QED) is 0.862. The van der Waals surface area contributed by atoms with Crippen molar-refractivity contribution >= 4 is 15.8 Å². The van der Waals surface area contributed by atoms with Crippen LogP contribution in [0, 0.1) is 6.92 Å². The van der Waals surface area contributed by atoms with Gasteiger partial charge in [0.2, 0.25) is 10.0 Å². The van der Waals surface area contributed by atoms with Gasteiger partial charge in [-0.05, 0) is 13.0 Å². The number of nitrogens with two attached hydrogens (primary N) is 1. The van der Waals surface area contributed by atoms with Crippen molar-refractivity contribution in [1.29, 1.82) is 0 Å². The Morgan fingerprint density at radius 1 is 1.43 bits per heavy atom. The number of aryl methyl sites for hydroxylation is 1. The van der Waals surface area contributed by atoms with Gasteiger partial charge < -0.3 is 10.5 Å². The van der Waals surface area contributed by atoms with Gasteiger partial charge in [0.25, 0.3) is 0 Å². The van der Waals surface area contributed by atoms with Gasteiger partial charge in [-0.1, -0.05) is 17.7 Å². The lowest BCUT2D eigenvalue weighted by Crippen LogP contribution is -2.27. The number of rotatable bonds is 5. The molecule has 0 atom stereocenters. The Hall–Kier alpha value is -2.06. The van der Waals surface area contributed by atoms with E-state index in [1.807, 2.05) is 25.1 Å². The predicted molar refractivity (Wildman–Crippen MR) is 79.4 cm³/mol. The van der Waals surface area contributed by atoms with E-state index in [0.29, 0.717) is 5.75 Å². The van der Waals surface area contributed by atoms with E-state index in [4.69, 9.17) is 10.5 Å². The summed E-state index contributed by atoms with van der Waals surface area (Å²) in [6.45, 7) is 2.11. The number of nitrogens with zero attached hydrogens (tertiary/aromatic N) is 2. The van der Waals surface area contributed by atoms with Crippen LogP contribution in [0.3, 0.4) is 0 Å². The number of nitrogen functional groups attached to an aromatic ring is 1. The van der Waals surface area contributed by atoms with Gasteiger partial charge in [0, 0.05) is 19.2 Å². The van der Waals surface area contributed by atoms with Crippen molar-refractivity contribution in [1.82, 2.24) is 14.5 Å². The van der Waals surface area contributed by atoms with Crippen molar-refractivity contribution in [3.8, 4) is 5.75 Å². The maximum absolute atomic E-state index is 12.4. The minimum atomic E-state index is -3.70. The second-order valence-corrected chi connectivity index (χ2v) is 6.74. The van der Waals surface area contributed by atoms with E-state index in [-0.39, 0.29) is 17.3 Å².